The van der Waals surface area contributed by atoms with E-state index in [1.807, 2.05) is 0 Å². The minimum absolute atomic E-state index is 0.0507. The molecule has 8 aliphatic rings. The summed E-state index contributed by atoms with van der Waals surface area (Å²) in [5.41, 5.74) is 4.93. The van der Waals surface area contributed by atoms with Crippen molar-refractivity contribution in [1.82, 2.24) is 14.7 Å². The smallest absolute Gasteiger partial charge is 0.333 e. The lowest BCUT2D eigenvalue weighted by molar-refractivity contribution is -0.541. The zero-order valence-electron chi connectivity index (χ0n) is 33.4. The molecule has 0 N–H and O–H groups in total. The van der Waals surface area contributed by atoms with Crippen molar-refractivity contribution in [3.8, 4) is 0 Å². The molecule has 0 spiro atoms. The Bertz CT molecular complexity index is 1670. The molecule has 0 aromatic rings. The largest absolute Gasteiger partial charge is 0.374 e. The van der Waals surface area contributed by atoms with Gasteiger partial charge in [-0.15, -0.1) is 0 Å². The van der Waals surface area contributed by atoms with Gasteiger partial charge in [-0.05, 0) is 106 Å². The lowest BCUT2D eigenvalue weighted by Crippen LogP contribution is -2.53. The number of likely N-dealkylation sites (tertiary alicyclic amines) is 1. The Hall–Kier alpha value is -2.96. The predicted octanol–water partition coefficient (Wildman–Crippen LogP) is 8.37. The van der Waals surface area contributed by atoms with E-state index in [-0.39, 0.29) is 22.3 Å². The van der Waals surface area contributed by atoms with E-state index in [9.17, 15) is 14.4 Å². The van der Waals surface area contributed by atoms with Crippen LogP contribution in [0.2, 0.25) is 0 Å². The van der Waals surface area contributed by atoms with Crippen LogP contribution >= 0.6 is 0 Å². The molecule has 5 aliphatic carbocycles. The van der Waals surface area contributed by atoms with Crippen molar-refractivity contribution in [2.75, 3.05) is 28.2 Å². The normalized spacial score (nSPS) is 40.3. The molecule has 7 nitrogen and oxygen atoms in total. The van der Waals surface area contributed by atoms with Crippen molar-refractivity contribution in [2.24, 2.45) is 52.3 Å². The topological polar surface area (TPSA) is 63.9 Å². The van der Waals surface area contributed by atoms with Gasteiger partial charge in [-0.3, -0.25) is 19.4 Å². The monoisotopic (exact) mass is 710 g/mol. The van der Waals surface area contributed by atoms with Gasteiger partial charge in [-0.25, -0.2) is 9.37 Å². The van der Waals surface area contributed by atoms with Gasteiger partial charge in [-0.2, -0.15) is 0 Å². The third-order valence-corrected chi connectivity index (χ3v) is 16.3. The lowest BCUT2D eigenvalue weighted by Gasteiger charge is -2.47. The summed E-state index contributed by atoms with van der Waals surface area (Å²) in [5.74, 6) is 3.62. The summed E-state index contributed by atoms with van der Waals surface area (Å²) in [7, 11) is 7.61. The molecule has 0 aromatic heterocycles. The number of carbonyl (C=O) groups is 3. The van der Waals surface area contributed by atoms with E-state index in [0.717, 1.165) is 57.5 Å². The summed E-state index contributed by atoms with van der Waals surface area (Å²) in [5, 5.41) is 0. The first-order valence-corrected chi connectivity index (χ1v) is 21.0. The van der Waals surface area contributed by atoms with Gasteiger partial charge in [0.15, 0.2) is 11.8 Å². The molecule has 9 unspecified atom stereocenters. The number of nitrogens with zero attached hydrogens (tertiary/aromatic N) is 4. The van der Waals surface area contributed by atoms with E-state index in [1.54, 1.807) is 0 Å². The molecular formula is C45H65N4O3+. The third kappa shape index (κ3) is 5.39. The first-order valence-electron chi connectivity index (χ1n) is 21.0. The highest BCUT2D eigenvalue weighted by Gasteiger charge is 2.59. The molecule has 4 amide bonds. The van der Waals surface area contributed by atoms with Crippen molar-refractivity contribution in [2.45, 2.75) is 130 Å². The maximum Gasteiger partial charge on any atom is 0.333 e. The maximum atomic E-state index is 13.9. The Kier molecular flexibility index (Phi) is 9.09. The second-order valence-electron chi connectivity index (χ2n) is 19.4. The Morgan fingerprint density at radius 2 is 1.29 bits per heavy atom. The van der Waals surface area contributed by atoms with E-state index in [4.69, 9.17) is 0 Å². The highest BCUT2D eigenvalue weighted by Crippen LogP contribution is 2.59. The van der Waals surface area contributed by atoms with Crippen LogP contribution in [0.1, 0.15) is 118 Å². The third-order valence-electron chi connectivity index (χ3n) is 16.3. The fourth-order valence-corrected chi connectivity index (χ4v) is 14.0. The van der Waals surface area contributed by atoms with E-state index in [1.165, 1.54) is 103 Å². The average molecular weight is 710 g/mol. The number of amides is 4. The summed E-state index contributed by atoms with van der Waals surface area (Å²) < 4.78 is 2.58. The lowest BCUT2D eigenvalue weighted by atomic mass is 9.57. The van der Waals surface area contributed by atoms with Gasteiger partial charge in [0.1, 0.15) is 12.6 Å². The number of rotatable bonds is 3. The standard InChI is InChI=1S/C45H65N4O3/c1-44(2)35(46(5)33-23-19-27-13-9-11-15-31(27)39(33)44)25-21-29-17-18-30(37(29)38-41(50)48(7)43(52)49(8)42(38)51)22-26-36-45(3,4)40-32-16-12-10-14-28(32)20-24-34(40)47(36)6/h21-22,25-29,31-34,39-40H,9-20,23-24H2,1-8H3/q+1/b25-21+,30-22+,36-26+. The second-order valence-corrected chi connectivity index (χ2v) is 19.4. The van der Waals surface area contributed by atoms with E-state index in [0.29, 0.717) is 23.9 Å². The van der Waals surface area contributed by atoms with Crippen LogP contribution in [0.3, 0.4) is 0 Å². The van der Waals surface area contributed by atoms with Crippen LogP contribution in [0, 0.1) is 52.3 Å². The fraction of sp³-hybridized carbons (Fsp3) is 0.733. The van der Waals surface area contributed by atoms with Gasteiger partial charge in [-0.1, -0.05) is 64.5 Å². The van der Waals surface area contributed by atoms with Crippen molar-refractivity contribution in [3.05, 3.63) is 46.7 Å². The number of fused-ring (bicyclic) bond motifs is 6. The van der Waals surface area contributed by atoms with Crippen LogP contribution < -0.4 is 0 Å². The molecule has 9 atom stereocenters. The number of allylic oxidation sites excluding steroid dienone is 7. The van der Waals surface area contributed by atoms with Crippen molar-refractivity contribution in [1.29, 1.82) is 0 Å². The van der Waals surface area contributed by atoms with Gasteiger partial charge in [0, 0.05) is 62.6 Å². The van der Waals surface area contributed by atoms with Gasteiger partial charge < -0.3 is 4.90 Å². The Balaban J connectivity index is 1.16. The first kappa shape index (κ1) is 36.0. The summed E-state index contributed by atoms with van der Waals surface area (Å²) in [6, 6.07) is 0.581. The summed E-state index contributed by atoms with van der Waals surface area (Å²) in [6.45, 7) is 9.85. The minimum Gasteiger partial charge on any atom is -0.374 e. The number of hydrogen-bond acceptors (Lipinski definition) is 4. The predicted molar refractivity (Wildman–Crippen MR) is 206 cm³/mol. The molecule has 7 fully saturated rings. The van der Waals surface area contributed by atoms with E-state index in [2.05, 4.69) is 75.6 Å². The minimum atomic E-state index is -0.566. The number of hydrogen-bond donors (Lipinski definition) is 0. The number of barbiturate groups is 1. The number of likely N-dealkylation sites (N-methyl/N-ethyl adjacent to an activating group) is 2. The fourth-order valence-electron chi connectivity index (χ4n) is 14.0. The highest BCUT2D eigenvalue weighted by atomic mass is 16.2. The molecule has 3 aliphatic heterocycles. The van der Waals surface area contributed by atoms with Gasteiger partial charge >= 0.3 is 6.03 Å². The molecule has 282 valence electrons. The average Bonchev–Trinajstić information content (AvgIpc) is 3.68. The zero-order valence-corrected chi connectivity index (χ0v) is 33.4. The van der Waals surface area contributed by atoms with Crippen LogP contribution in [-0.4, -0.2) is 83.1 Å². The molecular weight excluding hydrogens is 645 g/mol. The Labute approximate surface area is 313 Å². The molecule has 8 rings (SSSR count). The van der Waals surface area contributed by atoms with Crippen molar-refractivity contribution >= 4 is 23.6 Å². The summed E-state index contributed by atoms with van der Waals surface area (Å²) in [4.78, 5) is 45.5. The molecule has 7 heteroatoms. The van der Waals surface area contributed by atoms with Crippen LogP contribution in [0.15, 0.2) is 46.7 Å². The molecule has 3 heterocycles. The molecule has 0 aromatic carbocycles. The number of urea groups is 1. The molecule has 0 radical (unpaired) electrons. The molecule has 0 bridgehead atoms. The molecule has 2 saturated heterocycles. The summed E-state index contributed by atoms with van der Waals surface area (Å²) >= 11 is 0. The Morgan fingerprint density at radius 3 is 1.94 bits per heavy atom. The quantitative estimate of drug-likeness (QED) is 0.168. The van der Waals surface area contributed by atoms with Gasteiger partial charge in [0.2, 0.25) is 0 Å². The van der Waals surface area contributed by atoms with E-state index < -0.39 is 17.8 Å². The first-order chi connectivity index (χ1) is 24.7. The number of imide groups is 2. The van der Waals surface area contributed by atoms with Crippen LogP contribution in [0.5, 0.6) is 0 Å². The zero-order chi connectivity index (χ0) is 36.9. The van der Waals surface area contributed by atoms with Gasteiger partial charge in [0.05, 0.1) is 5.41 Å². The van der Waals surface area contributed by atoms with Gasteiger partial charge in [0.25, 0.3) is 11.8 Å². The molecule has 5 saturated carbocycles. The highest BCUT2D eigenvalue weighted by molar-refractivity contribution is 6.29. The maximum absolute atomic E-state index is 13.9. The Morgan fingerprint density at radius 1 is 0.692 bits per heavy atom. The molecule has 52 heavy (non-hydrogen) atoms. The summed E-state index contributed by atoms with van der Waals surface area (Å²) in [6.07, 6.45) is 27.1. The van der Waals surface area contributed by atoms with Crippen LogP contribution in [0.4, 0.5) is 4.79 Å². The van der Waals surface area contributed by atoms with Crippen LogP contribution in [0.25, 0.3) is 0 Å². The second kappa shape index (κ2) is 13.1. The number of carbonyl (C=O) groups excluding carboxylic acids is 3. The van der Waals surface area contributed by atoms with Crippen molar-refractivity contribution < 1.29 is 19.0 Å². The SMILES string of the molecule is CN1C(=O)C(=C2/C(=C/C=C3/N(C)C4CCC5CCCCC5C4C3(C)C)CCC2/C=C/C2=[N+](C)C3CCC4CCCCC4C3C2(C)C)C(=O)N(C)C1=O. The van der Waals surface area contributed by atoms with Crippen LogP contribution in [-0.2, 0) is 9.59 Å². The van der Waals surface area contributed by atoms with Crippen molar-refractivity contribution in [3.63, 3.8) is 0 Å². The van der Waals surface area contributed by atoms with E-state index >= 15 is 0 Å².